The molecule has 0 bridgehead atoms. The smallest absolute Gasteiger partial charge is 0.364 e. The maximum Gasteiger partial charge on any atom is 0.364 e. The molecule has 0 atom stereocenters. The van der Waals surface area contributed by atoms with Crippen molar-refractivity contribution in [3.63, 3.8) is 0 Å². The second kappa shape index (κ2) is 6.68. The molecular formula is C22H18N2O3. The van der Waals surface area contributed by atoms with Crippen molar-refractivity contribution in [1.82, 2.24) is 9.78 Å². The lowest BCUT2D eigenvalue weighted by Gasteiger charge is -2.13. The predicted octanol–water partition coefficient (Wildman–Crippen LogP) is 4.35. The number of rotatable bonds is 3. The molecule has 5 heteroatoms. The highest BCUT2D eigenvalue weighted by molar-refractivity contribution is 6.03. The van der Waals surface area contributed by atoms with Gasteiger partial charge in [-0.2, -0.15) is 5.10 Å². The second-order valence-electron chi connectivity index (χ2n) is 6.64. The molecular weight excluding hydrogens is 340 g/mol. The number of nitrogens with zero attached hydrogens (tertiary/aromatic N) is 2. The third-order valence-electron chi connectivity index (χ3n) is 4.44. The molecule has 0 saturated carbocycles. The zero-order chi connectivity index (χ0) is 19.0. The number of fused-ring (bicyclic) bond motifs is 2. The van der Waals surface area contributed by atoms with Gasteiger partial charge in [-0.05, 0) is 42.8 Å². The van der Waals surface area contributed by atoms with Crippen LogP contribution in [-0.4, -0.2) is 15.7 Å². The summed E-state index contributed by atoms with van der Waals surface area (Å²) in [5, 5.41) is 7.27. The molecule has 4 aromatic rings. The molecule has 4 rings (SSSR count). The van der Waals surface area contributed by atoms with Crippen LogP contribution in [0, 0.1) is 0 Å². The molecule has 0 aliphatic rings. The molecule has 0 spiro atoms. The van der Waals surface area contributed by atoms with E-state index in [0.717, 1.165) is 10.8 Å². The largest absolute Gasteiger partial charge is 0.422 e. The Morgan fingerprint density at radius 3 is 2.33 bits per heavy atom. The van der Waals surface area contributed by atoms with E-state index in [4.69, 9.17) is 4.74 Å². The van der Waals surface area contributed by atoms with Crippen LogP contribution in [0.5, 0.6) is 5.75 Å². The summed E-state index contributed by atoms with van der Waals surface area (Å²) < 4.78 is 6.89. The SMILES string of the molecule is CC(C)n1nc(C(=O)Oc2ccc3ccccc3c2)c2ccccc2c1=O. The summed E-state index contributed by atoms with van der Waals surface area (Å²) in [5.41, 5.74) is -0.0880. The molecule has 27 heavy (non-hydrogen) atoms. The molecule has 1 aromatic heterocycles. The van der Waals surface area contributed by atoms with Crippen molar-refractivity contribution in [2.75, 3.05) is 0 Å². The summed E-state index contributed by atoms with van der Waals surface area (Å²) >= 11 is 0. The Kier molecular flexibility index (Phi) is 4.20. The molecule has 5 nitrogen and oxygen atoms in total. The minimum absolute atomic E-state index is 0.132. The number of ether oxygens (including phenoxy) is 1. The Morgan fingerprint density at radius 1 is 0.926 bits per heavy atom. The first-order valence-corrected chi connectivity index (χ1v) is 8.77. The van der Waals surface area contributed by atoms with Crippen LogP contribution in [0.15, 0.2) is 71.5 Å². The van der Waals surface area contributed by atoms with Crippen molar-refractivity contribution in [3.8, 4) is 5.75 Å². The number of hydrogen-bond acceptors (Lipinski definition) is 4. The van der Waals surface area contributed by atoms with E-state index in [-0.39, 0.29) is 17.3 Å². The number of esters is 1. The molecule has 134 valence electrons. The van der Waals surface area contributed by atoms with Crippen LogP contribution < -0.4 is 10.3 Å². The summed E-state index contributed by atoms with van der Waals surface area (Å²) in [6.07, 6.45) is 0. The normalized spacial score (nSPS) is 11.2. The van der Waals surface area contributed by atoms with Gasteiger partial charge in [0.2, 0.25) is 0 Å². The summed E-state index contributed by atoms with van der Waals surface area (Å²) in [5.74, 6) is -0.150. The van der Waals surface area contributed by atoms with Gasteiger partial charge in [0.15, 0.2) is 5.69 Å². The standard InChI is InChI=1S/C22H18N2O3/c1-14(2)24-21(25)19-10-6-5-9-18(19)20(23-24)22(26)27-17-12-11-15-7-3-4-8-16(15)13-17/h3-14H,1-2H3. The maximum atomic E-state index is 12.9. The van der Waals surface area contributed by atoms with E-state index in [1.807, 2.05) is 50.2 Å². The van der Waals surface area contributed by atoms with E-state index in [0.29, 0.717) is 16.5 Å². The van der Waals surface area contributed by atoms with Crippen molar-refractivity contribution in [3.05, 3.63) is 82.8 Å². The fourth-order valence-corrected chi connectivity index (χ4v) is 3.09. The Balaban J connectivity index is 1.79. The Labute approximate surface area is 155 Å². The van der Waals surface area contributed by atoms with E-state index < -0.39 is 5.97 Å². The molecule has 0 amide bonds. The van der Waals surface area contributed by atoms with Crippen molar-refractivity contribution in [2.45, 2.75) is 19.9 Å². The molecule has 0 N–H and O–H groups in total. The predicted molar refractivity (Wildman–Crippen MR) is 105 cm³/mol. The Hall–Kier alpha value is -3.47. The van der Waals surface area contributed by atoms with Crippen LogP contribution >= 0.6 is 0 Å². The summed E-state index contributed by atoms with van der Waals surface area (Å²) in [7, 11) is 0. The monoisotopic (exact) mass is 358 g/mol. The molecule has 0 unspecified atom stereocenters. The summed E-state index contributed by atoms with van der Waals surface area (Å²) in [6.45, 7) is 3.70. The average Bonchev–Trinajstić information content (AvgIpc) is 2.68. The third-order valence-corrected chi connectivity index (χ3v) is 4.44. The van der Waals surface area contributed by atoms with Crippen LogP contribution in [-0.2, 0) is 0 Å². The number of carbonyl (C=O) groups excluding carboxylic acids is 1. The minimum Gasteiger partial charge on any atom is -0.422 e. The second-order valence-corrected chi connectivity index (χ2v) is 6.64. The Bertz CT molecular complexity index is 1230. The van der Waals surface area contributed by atoms with Crippen molar-refractivity contribution in [2.24, 2.45) is 0 Å². The van der Waals surface area contributed by atoms with Gasteiger partial charge in [0.25, 0.3) is 5.56 Å². The lowest BCUT2D eigenvalue weighted by atomic mass is 10.1. The lowest BCUT2D eigenvalue weighted by molar-refractivity contribution is 0.0728. The van der Waals surface area contributed by atoms with Crippen LogP contribution in [0.4, 0.5) is 0 Å². The highest BCUT2D eigenvalue weighted by atomic mass is 16.5. The first-order valence-electron chi connectivity index (χ1n) is 8.77. The molecule has 3 aromatic carbocycles. The van der Waals surface area contributed by atoms with Gasteiger partial charge in [0, 0.05) is 5.39 Å². The molecule has 0 fully saturated rings. The fraction of sp³-hybridized carbons (Fsp3) is 0.136. The zero-order valence-corrected chi connectivity index (χ0v) is 15.0. The van der Waals surface area contributed by atoms with Gasteiger partial charge in [-0.3, -0.25) is 4.79 Å². The van der Waals surface area contributed by atoms with E-state index in [9.17, 15) is 9.59 Å². The van der Waals surface area contributed by atoms with Gasteiger partial charge in [0.05, 0.1) is 11.4 Å². The van der Waals surface area contributed by atoms with Crippen molar-refractivity contribution >= 4 is 27.5 Å². The number of hydrogen-bond donors (Lipinski definition) is 0. The number of aromatic nitrogens is 2. The maximum absolute atomic E-state index is 12.9. The van der Waals surface area contributed by atoms with Gasteiger partial charge >= 0.3 is 5.97 Å². The van der Waals surface area contributed by atoms with E-state index >= 15 is 0 Å². The molecule has 0 aliphatic heterocycles. The average molecular weight is 358 g/mol. The summed E-state index contributed by atoms with van der Waals surface area (Å²) in [4.78, 5) is 25.4. The lowest BCUT2D eigenvalue weighted by Crippen LogP contribution is -2.28. The van der Waals surface area contributed by atoms with E-state index in [1.165, 1.54) is 4.68 Å². The van der Waals surface area contributed by atoms with E-state index in [1.54, 1.807) is 30.3 Å². The minimum atomic E-state index is -0.587. The topological polar surface area (TPSA) is 61.2 Å². The number of benzene rings is 3. The highest BCUT2D eigenvalue weighted by Crippen LogP contribution is 2.22. The first-order chi connectivity index (χ1) is 13.0. The van der Waals surface area contributed by atoms with Crippen molar-refractivity contribution < 1.29 is 9.53 Å². The van der Waals surface area contributed by atoms with Crippen LogP contribution in [0.25, 0.3) is 21.5 Å². The van der Waals surface area contributed by atoms with Gasteiger partial charge in [-0.25, -0.2) is 9.48 Å². The molecule has 0 radical (unpaired) electrons. The quantitative estimate of drug-likeness (QED) is 0.403. The molecule has 1 heterocycles. The molecule has 0 aliphatic carbocycles. The first kappa shape index (κ1) is 17.0. The molecule has 0 saturated heterocycles. The van der Waals surface area contributed by atoms with Gasteiger partial charge in [-0.1, -0.05) is 48.5 Å². The van der Waals surface area contributed by atoms with Crippen molar-refractivity contribution in [1.29, 1.82) is 0 Å². The Morgan fingerprint density at radius 2 is 1.59 bits per heavy atom. The van der Waals surface area contributed by atoms with Gasteiger partial charge < -0.3 is 4.74 Å². The van der Waals surface area contributed by atoms with Crippen LogP contribution in [0.2, 0.25) is 0 Å². The fourth-order valence-electron chi connectivity index (χ4n) is 3.09. The summed E-state index contributed by atoms with van der Waals surface area (Å²) in [6, 6.07) is 20.1. The highest BCUT2D eigenvalue weighted by Gasteiger charge is 2.19. The number of carbonyl (C=O) groups is 1. The zero-order valence-electron chi connectivity index (χ0n) is 15.0. The van der Waals surface area contributed by atoms with Gasteiger partial charge in [-0.15, -0.1) is 0 Å². The van der Waals surface area contributed by atoms with Crippen LogP contribution in [0.1, 0.15) is 30.4 Å². The third kappa shape index (κ3) is 3.08. The van der Waals surface area contributed by atoms with E-state index in [2.05, 4.69) is 5.10 Å². The van der Waals surface area contributed by atoms with Gasteiger partial charge in [0.1, 0.15) is 5.75 Å². The van der Waals surface area contributed by atoms with Crippen LogP contribution in [0.3, 0.4) is 0 Å².